The van der Waals surface area contributed by atoms with Crippen LogP contribution in [0.3, 0.4) is 0 Å². The standard InChI is InChI=1S/C27H34O3/c1-26-13-5-4-6-19(26)9-12-21-22-15-18(14-17-7-10-20(30-3)11-8-17)25(29)27(22,2)16-23(28)24(21)26/h7-8,10-11,14,19,21-22,24H,4-6,9,12-13,15-16H2,1-3H3. The van der Waals surface area contributed by atoms with Crippen LogP contribution in [-0.2, 0) is 9.59 Å². The molecule has 3 heteroatoms. The van der Waals surface area contributed by atoms with E-state index in [0.717, 1.165) is 29.7 Å². The lowest BCUT2D eigenvalue weighted by Gasteiger charge is -2.58. The largest absolute Gasteiger partial charge is 0.497 e. The molecule has 4 saturated carbocycles. The van der Waals surface area contributed by atoms with Crippen molar-refractivity contribution in [2.75, 3.05) is 7.11 Å². The molecule has 30 heavy (non-hydrogen) atoms. The van der Waals surface area contributed by atoms with Gasteiger partial charge < -0.3 is 4.74 Å². The summed E-state index contributed by atoms with van der Waals surface area (Å²) in [6.45, 7) is 4.48. The van der Waals surface area contributed by atoms with Gasteiger partial charge in [-0.1, -0.05) is 38.8 Å². The van der Waals surface area contributed by atoms with Crippen LogP contribution in [0.15, 0.2) is 29.8 Å². The van der Waals surface area contributed by atoms with E-state index in [4.69, 9.17) is 4.74 Å². The van der Waals surface area contributed by atoms with Crippen LogP contribution < -0.4 is 4.74 Å². The van der Waals surface area contributed by atoms with E-state index >= 15 is 0 Å². The average molecular weight is 407 g/mol. The molecule has 4 aliphatic rings. The third kappa shape index (κ3) is 2.84. The highest BCUT2D eigenvalue weighted by atomic mass is 16.5. The number of fused-ring (bicyclic) bond motifs is 5. The van der Waals surface area contributed by atoms with E-state index in [9.17, 15) is 9.59 Å². The summed E-state index contributed by atoms with van der Waals surface area (Å²) in [7, 11) is 1.66. The van der Waals surface area contributed by atoms with E-state index < -0.39 is 5.41 Å². The number of allylic oxidation sites excluding steroid dienone is 1. The molecule has 0 spiro atoms. The maximum Gasteiger partial charge on any atom is 0.165 e. The zero-order valence-corrected chi connectivity index (χ0v) is 18.6. The predicted molar refractivity (Wildman–Crippen MR) is 118 cm³/mol. The van der Waals surface area contributed by atoms with Crippen molar-refractivity contribution in [3.63, 3.8) is 0 Å². The molecule has 0 heterocycles. The Balaban J connectivity index is 1.48. The van der Waals surface area contributed by atoms with Gasteiger partial charge in [0.05, 0.1) is 7.11 Å². The number of ketones is 2. The first kappa shape index (κ1) is 20.0. The van der Waals surface area contributed by atoms with Crippen LogP contribution in [0.25, 0.3) is 6.08 Å². The predicted octanol–water partition coefficient (Wildman–Crippen LogP) is 5.87. The third-order valence-corrected chi connectivity index (χ3v) is 9.37. The lowest BCUT2D eigenvalue weighted by molar-refractivity contribution is -0.159. The van der Waals surface area contributed by atoms with Gasteiger partial charge in [-0.25, -0.2) is 0 Å². The normalized spacial score (nSPS) is 41.9. The summed E-state index contributed by atoms with van der Waals surface area (Å²) >= 11 is 0. The second-order valence-corrected chi connectivity index (χ2v) is 10.8. The Labute approximate surface area is 180 Å². The van der Waals surface area contributed by atoms with E-state index in [0.29, 0.717) is 30.0 Å². The first-order chi connectivity index (χ1) is 14.4. The molecule has 5 rings (SSSR count). The second-order valence-electron chi connectivity index (χ2n) is 10.8. The molecule has 0 aromatic heterocycles. The molecule has 0 radical (unpaired) electrons. The minimum absolute atomic E-state index is 0.158. The number of hydrogen-bond donors (Lipinski definition) is 0. The SMILES string of the molecule is COc1ccc(C=C2CC3C4CCC5CCCCC5(C)C4C(=O)CC3(C)C2=O)cc1. The molecule has 0 N–H and O–H groups in total. The maximum atomic E-state index is 13.5. The van der Waals surface area contributed by atoms with Crippen LogP contribution in [-0.4, -0.2) is 18.7 Å². The van der Waals surface area contributed by atoms with Crippen molar-refractivity contribution >= 4 is 17.6 Å². The van der Waals surface area contributed by atoms with E-state index in [1.54, 1.807) is 7.11 Å². The number of benzene rings is 1. The molecule has 1 aromatic carbocycles. The fourth-order valence-electron chi connectivity index (χ4n) is 7.83. The van der Waals surface area contributed by atoms with Gasteiger partial charge >= 0.3 is 0 Å². The number of rotatable bonds is 2. The lowest BCUT2D eigenvalue weighted by atomic mass is 9.45. The van der Waals surface area contributed by atoms with E-state index in [1.165, 1.54) is 32.1 Å². The Morgan fingerprint density at radius 2 is 1.80 bits per heavy atom. The summed E-state index contributed by atoms with van der Waals surface area (Å²) in [5.74, 6) is 2.98. The summed E-state index contributed by atoms with van der Waals surface area (Å²) in [4.78, 5) is 27.1. The average Bonchev–Trinajstić information content (AvgIpc) is 2.98. The van der Waals surface area contributed by atoms with Crippen molar-refractivity contribution in [3.8, 4) is 5.75 Å². The highest BCUT2D eigenvalue weighted by molar-refractivity contribution is 6.08. The summed E-state index contributed by atoms with van der Waals surface area (Å²) < 4.78 is 5.25. The molecule has 6 atom stereocenters. The van der Waals surface area contributed by atoms with Crippen LogP contribution in [0.1, 0.15) is 70.8 Å². The van der Waals surface area contributed by atoms with E-state index in [1.807, 2.05) is 24.3 Å². The molecule has 0 aliphatic heterocycles. The molecule has 1 aromatic rings. The summed E-state index contributed by atoms with van der Waals surface area (Å²) in [6, 6.07) is 7.88. The van der Waals surface area contributed by atoms with Gasteiger partial charge in [-0.3, -0.25) is 9.59 Å². The van der Waals surface area contributed by atoms with Gasteiger partial charge in [-0.05, 0) is 84.6 Å². The number of carbonyl (C=O) groups excluding carboxylic acids is 2. The first-order valence-electron chi connectivity index (χ1n) is 11.8. The summed E-state index contributed by atoms with van der Waals surface area (Å²) in [5, 5.41) is 0. The molecule has 0 amide bonds. The third-order valence-electron chi connectivity index (χ3n) is 9.37. The molecule has 0 saturated heterocycles. The van der Waals surface area contributed by atoms with E-state index in [-0.39, 0.29) is 17.1 Å². The molecular formula is C27H34O3. The number of carbonyl (C=O) groups is 2. The molecule has 0 bridgehead atoms. The van der Waals surface area contributed by atoms with Crippen molar-refractivity contribution in [1.82, 2.24) is 0 Å². The lowest BCUT2D eigenvalue weighted by Crippen LogP contribution is -2.56. The van der Waals surface area contributed by atoms with Crippen molar-refractivity contribution in [1.29, 1.82) is 0 Å². The van der Waals surface area contributed by atoms with E-state index in [2.05, 4.69) is 19.9 Å². The van der Waals surface area contributed by atoms with Gasteiger partial charge in [0.15, 0.2) is 5.78 Å². The topological polar surface area (TPSA) is 43.4 Å². The van der Waals surface area contributed by atoms with Crippen molar-refractivity contribution in [2.24, 2.45) is 34.5 Å². The smallest absolute Gasteiger partial charge is 0.165 e. The number of methoxy groups -OCH3 is 1. The molecule has 4 aliphatic carbocycles. The fourth-order valence-corrected chi connectivity index (χ4v) is 7.83. The Morgan fingerprint density at radius 1 is 1.03 bits per heavy atom. The number of Topliss-reactive ketones (excluding diaryl/α,β-unsaturated/α-hetero) is 2. The Bertz CT molecular complexity index is 897. The second kappa shape index (κ2) is 7.07. The Hall–Kier alpha value is -1.90. The monoisotopic (exact) mass is 406 g/mol. The van der Waals surface area contributed by atoms with Crippen LogP contribution in [0, 0.1) is 34.5 Å². The van der Waals surface area contributed by atoms with Crippen molar-refractivity contribution < 1.29 is 14.3 Å². The van der Waals surface area contributed by atoms with Gasteiger partial charge in [0.2, 0.25) is 0 Å². The van der Waals surface area contributed by atoms with Crippen LogP contribution >= 0.6 is 0 Å². The molecule has 4 fully saturated rings. The summed E-state index contributed by atoms with van der Waals surface area (Å²) in [5.41, 5.74) is 1.60. The van der Waals surface area contributed by atoms with Crippen molar-refractivity contribution in [2.45, 2.75) is 65.2 Å². The molecular weight excluding hydrogens is 372 g/mol. The van der Waals surface area contributed by atoms with Crippen molar-refractivity contribution in [3.05, 3.63) is 35.4 Å². The zero-order chi connectivity index (χ0) is 21.1. The summed E-state index contributed by atoms with van der Waals surface area (Å²) in [6.07, 6.45) is 10.7. The van der Waals surface area contributed by atoms with Gasteiger partial charge in [0.25, 0.3) is 0 Å². The minimum atomic E-state index is -0.506. The van der Waals surface area contributed by atoms with Crippen LogP contribution in [0.4, 0.5) is 0 Å². The van der Waals surface area contributed by atoms with Gasteiger partial charge in [0.1, 0.15) is 11.5 Å². The Morgan fingerprint density at radius 3 is 2.53 bits per heavy atom. The van der Waals surface area contributed by atoms with Gasteiger partial charge in [0, 0.05) is 17.8 Å². The highest BCUT2D eigenvalue weighted by Gasteiger charge is 2.63. The molecule has 6 unspecified atom stereocenters. The van der Waals surface area contributed by atoms with Gasteiger partial charge in [-0.15, -0.1) is 0 Å². The molecule has 3 nitrogen and oxygen atoms in total. The quantitative estimate of drug-likeness (QED) is 0.577. The highest BCUT2D eigenvalue weighted by Crippen LogP contribution is 2.65. The Kier molecular flexibility index (Phi) is 4.72. The fraction of sp³-hybridized carbons (Fsp3) is 0.630. The first-order valence-corrected chi connectivity index (χ1v) is 11.8. The van der Waals surface area contributed by atoms with Gasteiger partial charge in [-0.2, -0.15) is 0 Å². The zero-order valence-electron chi connectivity index (χ0n) is 18.6. The number of ether oxygens (including phenoxy) is 1. The maximum absolute atomic E-state index is 13.5. The molecule has 160 valence electrons. The van der Waals surface area contributed by atoms with Crippen LogP contribution in [0.2, 0.25) is 0 Å². The number of hydrogen-bond acceptors (Lipinski definition) is 3. The minimum Gasteiger partial charge on any atom is -0.497 e. The van der Waals surface area contributed by atoms with Crippen LogP contribution in [0.5, 0.6) is 5.75 Å².